The zero-order valence-electron chi connectivity index (χ0n) is 20.5. The van der Waals surface area contributed by atoms with Crippen LogP contribution >= 0.6 is 27.7 Å². The molecule has 1 aliphatic heterocycles. The van der Waals surface area contributed by atoms with E-state index in [1.807, 2.05) is 50.2 Å². The van der Waals surface area contributed by atoms with Crippen LogP contribution in [0.15, 0.2) is 53.0 Å². The van der Waals surface area contributed by atoms with Gasteiger partial charge >= 0.3 is 0 Å². The zero-order chi connectivity index (χ0) is 24.8. The number of hydrogen-bond acceptors (Lipinski definition) is 4. The lowest BCUT2D eigenvalue weighted by atomic mass is 9.94. The van der Waals surface area contributed by atoms with Crippen molar-refractivity contribution in [3.05, 3.63) is 64.1 Å². The van der Waals surface area contributed by atoms with Crippen LogP contribution in [0.3, 0.4) is 0 Å². The highest BCUT2D eigenvalue weighted by Crippen LogP contribution is 2.38. The fourth-order valence-electron chi connectivity index (χ4n) is 4.88. The van der Waals surface area contributed by atoms with Crippen LogP contribution in [-0.2, 0) is 15.3 Å². The topological polar surface area (TPSA) is 58.6 Å². The molecule has 188 valence electrons. The largest absolute Gasteiger partial charge is 0.480 e. The van der Waals surface area contributed by atoms with Crippen LogP contribution in [0.2, 0.25) is 0 Å². The lowest BCUT2D eigenvalue weighted by Crippen LogP contribution is -2.50. The zero-order valence-corrected chi connectivity index (χ0v) is 22.9. The molecule has 1 aliphatic carbocycles. The molecule has 1 saturated carbocycles. The van der Waals surface area contributed by atoms with Gasteiger partial charge in [-0.1, -0.05) is 79.4 Å². The van der Waals surface area contributed by atoms with Crippen molar-refractivity contribution >= 4 is 39.5 Å². The summed E-state index contributed by atoms with van der Waals surface area (Å²) in [6.07, 6.45) is 4.86. The first-order chi connectivity index (χ1) is 16.9. The number of thioether (sulfide) groups is 1. The Balaban J connectivity index is 1.60. The number of carbonyl (C=O) groups excluding carboxylic acids is 2. The third kappa shape index (κ3) is 6.62. The van der Waals surface area contributed by atoms with Gasteiger partial charge in [0.1, 0.15) is 11.8 Å². The molecular weight excluding hydrogens is 524 g/mol. The Morgan fingerprint density at radius 2 is 1.89 bits per heavy atom. The molecule has 0 bridgehead atoms. The third-order valence-electron chi connectivity index (χ3n) is 6.75. The molecule has 0 spiro atoms. The first-order valence-electron chi connectivity index (χ1n) is 12.6. The van der Waals surface area contributed by atoms with E-state index in [2.05, 4.69) is 33.4 Å². The molecule has 7 heteroatoms. The maximum absolute atomic E-state index is 13.8. The minimum absolute atomic E-state index is 0.0152. The average Bonchev–Trinajstić information content (AvgIpc) is 2.97. The molecule has 1 fully saturated rings. The van der Waals surface area contributed by atoms with Crippen molar-refractivity contribution in [3.8, 4) is 5.75 Å². The van der Waals surface area contributed by atoms with Crippen molar-refractivity contribution in [1.29, 1.82) is 0 Å². The van der Waals surface area contributed by atoms with Crippen LogP contribution in [0.4, 0.5) is 0 Å². The van der Waals surface area contributed by atoms with E-state index in [1.165, 1.54) is 12.0 Å². The normalized spacial score (nSPS) is 20.8. The predicted molar refractivity (Wildman–Crippen MR) is 145 cm³/mol. The van der Waals surface area contributed by atoms with Crippen molar-refractivity contribution in [3.63, 3.8) is 0 Å². The molecule has 2 atom stereocenters. The summed E-state index contributed by atoms with van der Waals surface area (Å²) in [6.45, 7) is 4.47. The molecule has 2 aromatic rings. The predicted octanol–water partition coefficient (Wildman–Crippen LogP) is 6.12. The molecule has 35 heavy (non-hydrogen) atoms. The second-order valence-corrected chi connectivity index (χ2v) is 11.8. The van der Waals surface area contributed by atoms with E-state index in [1.54, 1.807) is 16.7 Å². The molecule has 2 unspecified atom stereocenters. The Bertz CT molecular complexity index is 1010. The molecule has 1 N–H and O–H groups in total. The fourth-order valence-corrected chi connectivity index (χ4v) is 6.16. The number of nitrogens with zero attached hydrogens (tertiary/aromatic N) is 1. The summed E-state index contributed by atoms with van der Waals surface area (Å²) in [5.41, 5.74) is 2.00. The van der Waals surface area contributed by atoms with Gasteiger partial charge in [-0.2, -0.15) is 11.8 Å². The van der Waals surface area contributed by atoms with E-state index >= 15 is 0 Å². The average molecular weight is 560 g/mol. The van der Waals surface area contributed by atoms with Crippen LogP contribution in [-0.4, -0.2) is 41.2 Å². The van der Waals surface area contributed by atoms with Crippen molar-refractivity contribution in [2.24, 2.45) is 5.92 Å². The maximum atomic E-state index is 13.8. The van der Waals surface area contributed by atoms with Crippen molar-refractivity contribution in [1.82, 2.24) is 10.2 Å². The van der Waals surface area contributed by atoms with E-state index < -0.39 is 12.1 Å². The number of amides is 2. The van der Waals surface area contributed by atoms with E-state index in [4.69, 9.17) is 4.74 Å². The van der Waals surface area contributed by atoms with Crippen molar-refractivity contribution in [2.75, 3.05) is 12.3 Å². The van der Waals surface area contributed by atoms with Gasteiger partial charge in [-0.15, -0.1) is 0 Å². The number of benzene rings is 2. The summed E-state index contributed by atoms with van der Waals surface area (Å²) < 4.78 is 7.13. The van der Waals surface area contributed by atoms with Gasteiger partial charge in [0.25, 0.3) is 5.91 Å². The lowest BCUT2D eigenvalue weighted by Gasteiger charge is -2.33. The number of nitrogens with one attached hydrogen (secondary N) is 1. The number of hydrogen-bond donors (Lipinski definition) is 1. The number of rotatable bonds is 8. The molecule has 4 rings (SSSR count). The summed E-state index contributed by atoms with van der Waals surface area (Å²) in [4.78, 5) is 29.4. The highest BCUT2D eigenvalue weighted by molar-refractivity contribution is 9.10. The van der Waals surface area contributed by atoms with E-state index in [9.17, 15) is 9.59 Å². The Labute approximate surface area is 221 Å². The van der Waals surface area contributed by atoms with Crippen molar-refractivity contribution in [2.45, 2.75) is 69.9 Å². The first kappa shape index (κ1) is 26.1. The van der Waals surface area contributed by atoms with Crippen molar-refractivity contribution < 1.29 is 14.3 Å². The highest BCUT2D eigenvalue weighted by Gasteiger charge is 2.42. The Morgan fingerprint density at radius 3 is 2.60 bits per heavy atom. The van der Waals surface area contributed by atoms with Gasteiger partial charge in [0, 0.05) is 34.1 Å². The number of carbonyl (C=O) groups is 2. The minimum atomic E-state index is -0.710. The summed E-state index contributed by atoms with van der Waals surface area (Å²) in [7, 11) is 0. The van der Waals surface area contributed by atoms with Gasteiger partial charge in [-0.3, -0.25) is 9.59 Å². The van der Waals surface area contributed by atoms with E-state index in [-0.39, 0.29) is 23.8 Å². The molecule has 2 amide bonds. The van der Waals surface area contributed by atoms with Gasteiger partial charge in [-0.05, 0) is 42.5 Å². The second-order valence-electron chi connectivity index (χ2n) is 9.78. The molecule has 2 aromatic carbocycles. The molecule has 2 aliphatic rings. The fraction of sp³-hybridized carbons (Fsp3) is 0.500. The third-order valence-corrected chi connectivity index (χ3v) is 8.25. The van der Waals surface area contributed by atoms with Gasteiger partial charge in [-0.25, -0.2) is 0 Å². The quantitative estimate of drug-likeness (QED) is 0.396. The number of fused-ring (bicyclic) bond motifs is 1. The smallest absolute Gasteiger partial charge is 0.264 e. The number of ether oxygens (including phenoxy) is 1. The summed E-state index contributed by atoms with van der Waals surface area (Å²) in [6, 6.07) is 15.5. The molecular formula is C28H35BrN2O3S. The molecule has 0 saturated heterocycles. The van der Waals surface area contributed by atoms with Gasteiger partial charge < -0.3 is 15.0 Å². The van der Waals surface area contributed by atoms with Crippen LogP contribution < -0.4 is 10.1 Å². The second kappa shape index (κ2) is 12.3. The minimum Gasteiger partial charge on any atom is -0.480 e. The van der Waals surface area contributed by atoms with Gasteiger partial charge in [0.05, 0.1) is 0 Å². The van der Waals surface area contributed by atoms with E-state index in [0.717, 1.165) is 47.2 Å². The lowest BCUT2D eigenvalue weighted by molar-refractivity contribution is -0.146. The van der Waals surface area contributed by atoms with E-state index in [0.29, 0.717) is 12.3 Å². The number of halogens is 1. The molecule has 5 nitrogen and oxygen atoms in total. The first-order valence-corrected chi connectivity index (χ1v) is 14.6. The molecule has 0 aromatic heterocycles. The van der Waals surface area contributed by atoms with Crippen LogP contribution in [0.1, 0.15) is 63.1 Å². The summed E-state index contributed by atoms with van der Waals surface area (Å²) in [5.74, 6) is 1.99. The van der Waals surface area contributed by atoms with Crippen LogP contribution in [0, 0.1) is 5.92 Å². The summed E-state index contributed by atoms with van der Waals surface area (Å²) >= 11 is 5.34. The Kier molecular flexibility index (Phi) is 9.17. The SMILES string of the molecule is CC(C)C1Oc2ccc(Br)cc2C(C(=O)NC2CCCCC2)N(CCSCc2ccccc2)C1=O. The molecule has 1 heterocycles. The van der Waals surface area contributed by atoms with Crippen LogP contribution in [0.5, 0.6) is 5.75 Å². The monoisotopic (exact) mass is 558 g/mol. The van der Waals surface area contributed by atoms with Crippen LogP contribution in [0.25, 0.3) is 0 Å². The standard InChI is InChI=1S/C28H35BrN2O3S/c1-19(2)26-28(33)31(15-16-35-18-20-9-5-3-6-10-20)25(23-17-21(29)13-14-24(23)34-26)27(32)30-22-11-7-4-8-12-22/h3,5-6,9-10,13-14,17,19,22,25-26H,4,7-8,11-12,15-16,18H2,1-2H3,(H,30,32). The van der Waals surface area contributed by atoms with Gasteiger partial charge in [0.2, 0.25) is 5.91 Å². The summed E-state index contributed by atoms with van der Waals surface area (Å²) in [5, 5.41) is 3.28. The molecule has 0 radical (unpaired) electrons. The Morgan fingerprint density at radius 1 is 1.14 bits per heavy atom. The highest BCUT2D eigenvalue weighted by atomic mass is 79.9. The Hall–Kier alpha value is -1.99. The maximum Gasteiger partial charge on any atom is 0.264 e. The van der Waals surface area contributed by atoms with Gasteiger partial charge in [0.15, 0.2) is 6.10 Å².